The van der Waals surface area contributed by atoms with E-state index in [2.05, 4.69) is 24.5 Å². The number of hydrogen-bond acceptors (Lipinski definition) is 3. The minimum absolute atomic E-state index is 0.0700. The van der Waals surface area contributed by atoms with Crippen molar-refractivity contribution in [3.05, 3.63) is 0 Å². The zero-order valence-electron chi connectivity index (χ0n) is 13.2. The van der Waals surface area contributed by atoms with E-state index >= 15 is 0 Å². The largest absolute Gasteiger partial charge is 0.345 e. The van der Waals surface area contributed by atoms with Crippen molar-refractivity contribution in [1.29, 1.82) is 0 Å². The predicted octanol–water partition coefficient (Wildman–Crippen LogP) is 2.13. The maximum absolute atomic E-state index is 12.2. The van der Waals surface area contributed by atoms with Gasteiger partial charge in [-0.25, -0.2) is 0 Å². The molecule has 4 heteroatoms. The first-order valence-electron chi connectivity index (χ1n) is 7.33. The van der Waals surface area contributed by atoms with Crippen molar-refractivity contribution < 1.29 is 9.59 Å². The molecule has 0 aliphatic rings. The third-order valence-electron chi connectivity index (χ3n) is 3.18. The van der Waals surface area contributed by atoms with E-state index in [0.29, 0.717) is 12.3 Å². The smallest absolute Gasteiger partial charge is 0.237 e. The molecule has 0 radical (unpaired) electrons. The zero-order chi connectivity index (χ0) is 15.0. The van der Waals surface area contributed by atoms with E-state index in [0.717, 1.165) is 12.8 Å². The van der Waals surface area contributed by atoms with Gasteiger partial charge in [0.1, 0.15) is 0 Å². The summed E-state index contributed by atoms with van der Waals surface area (Å²) >= 11 is 0. The van der Waals surface area contributed by atoms with Gasteiger partial charge in [0.2, 0.25) is 5.91 Å². The van der Waals surface area contributed by atoms with Crippen molar-refractivity contribution in [2.45, 2.75) is 66.0 Å². The van der Waals surface area contributed by atoms with Crippen LogP contribution in [0.3, 0.4) is 0 Å². The molecule has 0 aromatic carbocycles. The molecular weight excluding hydrogens is 240 g/mol. The summed E-state index contributed by atoms with van der Waals surface area (Å²) in [5.41, 5.74) is 0. The van der Waals surface area contributed by atoms with Gasteiger partial charge < -0.3 is 10.6 Å². The topological polar surface area (TPSA) is 58.2 Å². The molecule has 0 unspecified atom stereocenters. The van der Waals surface area contributed by atoms with Crippen LogP contribution in [-0.4, -0.2) is 30.8 Å². The Labute approximate surface area is 117 Å². The lowest BCUT2D eigenvalue weighted by Gasteiger charge is -2.25. The number of Topliss-reactive ketones (excluding diaryl/α,β-unsaturated/α-hetero) is 1. The molecule has 0 saturated carbocycles. The van der Waals surface area contributed by atoms with Crippen LogP contribution < -0.4 is 10.6 Å². The Morgan fingerprint density at radius 3 is 2.05 bits per heavy atom. The molecule has 0 saturated heterocycles. The molecule has 0 aromatic rings. The minimum atomic E-state index is -0.365. The van der Waals surface area contributed by atoms with Crippen LogP contribution in [0.15, 0.2) is 0 Å². The molecule has 19 heavy (non-hydrogen) atoms. The molecule has 0 spiro atoms. The summed E-state index contributed by atoms with van der Waals surface area (Å²) in [5, 5.41) is 5.93. The van der Waals surface area contributed by atoms with E-state index in [1.165, 1.54) is 0 Å². The molecule has 0 bridgehead atoms. The molecule has 0 aliphatic heterocycles. The van der Waals surface area contributed by atoms with Gasteiger partial charge >= 0.3 is 0 Å². The van der Waals surface area contributed by atoms with Crippen molar-refractivity contribution in [3.8, 4) is 0 Å². The highest BCUT2D eigenvalue weighted by Crippen LogP contribution is 2.09. The third kappa shape index (κ3) is 6.71. The number of ketones is 1. The van der Waals surface area contributed by atoms with Gasteiger partial charge in [-0.05, 0) is 31.7 Å². The lowest BCUT2D eigenvalue weighted by Crippen LogP contribution is -2.51. The average Bonchev–Trinajstić information content (AvgIpc) is 2.32. The van der Waals surface area contributed by atoms with Gasteiger partial charge in [-0.2, -0.15) is 0 Å². The van der Waals surface area contributed by atoms with Gasteiger partial charge in [-0.1, -0.05) is 34.6 Å². The highest BCUT2D eigenvalue weighted by Gasteiger charge is 2.26. The fourth-order valence-corrected chi connectivity index (χ4v) is 2.10. The van der Waals surface area contributed by atoms with E-state index in [1.54, 1.807) is 7.05 Å². The van der Waals surface area contributed by atoms with Gasteiger partial charge in [-0.3, -0.25) is 9.59 Å². The number of hydrogen-bond donors (Lipinski definition) is 2. The Morgan fingerprint density at radius 1 is 1.11 bits per heavy atom. The van der Waals surface area contributed by atoms with Gasteiger partial charge in [0.05, 0.1) is 12.1 Å². The molecule has 2 N–H and O–H groups in total. The maximum atomic E-state index is 12.2. The fraction of sp³-hybridized carbons (Fsp3) is 0.867. The predicted molar refractivity (Wildman–Crippen MR) is 79.0 cm³/mol. The average molecular weight is 270 g/mol. The SMILES string of the molecule is CCCC(=O)[C@@H](NC(=O)[C@H](CC(C)C)NC)C(C)C. The van der Waals surface area contributed by atoms with Crippen LogP contribution in [-0.2, 0) is 9.59 Å². The van der Waals surface area contributed by atoms with E-state index < -0.39 is 0 Å². The lowest BCUT2D eigenvalue weighted by atomic mass is 9.96. The van der Waals surface area contributed by atoms with Crippen LogP contribution in [0.1, 0.15) is 53.9 Å². The van der Waals surface area contributed by atoms with E-state index in [-0.39, 0.29) is 29.7 Å². The summed E-state index contributed by atoms with van der Waals surface area (Å²) in [4.78, 5) is 24.2. The van der Waals surface area contributed by atoms with Gasteiger partial charge in [0.15, 0.2) is 5.78 Å². The van der Waals surface area contributed by atoms with Gasteiger partial charge in [-0.15, -0.1) is 0 Å². The van der Waals surface area contributed by atoms with Crippen LogP contribution in [0, 0.1) is 11.8 Å². The molecule has 4 nitrogen and oxygen atoms in total. The van der Waals surface area contributed by atoms with Gasteiger partial charge in [0, 0.05) is 6.42 Å². The number of amides is 1. The summed E-state index contributed by atoms with van der Waals surface area (Å²) in [6.07, 6.45) is 2.12. The normalized spacial score (nSPS) is 14.5. The number of rotatable bonds is 9. The lowest BCUT2D eigenvalue weighted by molar-refractivity contribution is -0.130. The molecule has 2 atom stereocenters. The van der Waals surface area contributed by atoms with Crippen molar-refractivity contribution in [1.82, 2.24) is 10.6 Å². The Hall–Kier alpha value is -0.900. The van der Waals surface area contributed by atoms with Crippen LogP contribution in [0.4, 0.5) is 0 Å². The van der Waals surface area contributed by atoms with Crippen LogP contribution in [0.5, 0.6) is 0 Å². The standard InChI is InChI=1S/C15H30N2O2/c1-7-8-13(18)14(11(4)5)17-15(19)12(16-6)9-10(2)3/h10-12,14,16H,7-9H2,1-6H3,(H,17,19)/t12-,14-/m0/s1. The molecule has 0 rings (SSSR count). The number of carbonyl (C=O) groups is 2. The highest BCUT2D eigenvalue weighted by atomic mass is 16.2. The monoisotopic (exact) mass is 270 g/mol. The molecule has 0 aliphatic carbocycles. The number of nitrogens with one attached hydrogen (secondary N) is 2. The van der Waals surface area contributed by atoms with E-state index in [1.807, 2.05) is 20.8 Å². The quantitative estimate of drug-likeness (QED) is 0.675. The summed E-state index contributed by atoms with van der Waals surface area (Å²) < 4.78 is 0. The summed E-state index contributed by atoms with van der Waals surface area (Å²) in [6, 6.07) is -0.592. The van der Waals surface area contributed by atoms with E-state index in [9.17, 15) is 9.59 Å². The molecule has 112 valence electrons. The highest BCUT2D eigenvalue weighted by molar-refractivity contribution is 5.91. The zero-order valence-corrected chi connectivity index (χ0v) is 13.2. The van der Waals surface area contributed by atoms with Crippen molar-refractivity contribution in [2.75, 3.05) is 7.05 Å². The summed E-state index contributed by atoms with van der Waals surface area (Å²) in [6.45, 7) is 10.1. The fourth-order valence-electron chi connectivity index (χ4n) is 2.10. The molecular formula is C15H30N2O2. The Morgan fingerprint density at radius 2 is 1.68 bits per heavy atom. The number of likely N-dealkylation sites (N-methyl/N-ethyl adjacent to an activating group) is 1. The number of carbonyl (C=O) groups excluding carboxylic acids is 2. The molecule has 0 aromatic heterocycles. The Balaban J connectivity index is 4.65. The minimum Gasteiger partial charge on any atom is -0.345 e. The van der Waals surface area contributed by atoms with Gasteiger partial charge in [0.25, 0.3) is 0 Å². The molecule has 0 fully saturated rings. The first-order valence-corrected chi connectivity index (χ1v) is 7.33. The second-order valence-electron chi connectivity index (χ2n) is 5.92. The Kier molecular flexibility index (Phi) is 8.65. The van der Waals surface area contributed by atoms with Crippen molar-refractivity contribution in [2.24, 2.45) is 11.8 Å². The second-order valence-corrected chi connectivity index (χ2v) is 5.92. The van der Waals surface area contributed by atoms with Crippen molar-refractivity contribution in [3.63, 3.8) is 0 Å². The molecule has 1 amide bonds. The van der Waals surface area contributed by atoms with E-state index in [4.69, 9.17) is 0 Å². The Bertz CT molecular complexity index is 288. The second kappa shape index (κ2) is 9.08. The third-order valence-corrected chi connectivity index (χ3v) is 3.18. The maximum Gasteiger partial charge on any atom is 0.237 e. The summed E-state index contributed by atoms with van der Waals surface area (Å²) in [7, 11) is 1.78. The van der Waals surface area contributed by atoms with Crippen LogP contribution >= 0.6 is 0 Å². The van der Waals surface area contributed by atoms with Crippen molar-refractivity contribution >= 4 is 11.7 Å². The first kappa shape index (κ1) is 18.1. The molecule has 0 heterocycles. The van der Waals surface area contributed by atoms with Crippen LogP contribution in [0.25, 0.3) is 0 Å². The summed E-state index contributed by atoms with van der Waals surface area (Å²) in [5.74, 6) is 0.621. The first-order chi connectivity index (χ1) is 8.83. The van der Waals surface area contributed by atoms with Crippen LogP contribution in [0.2, 0.25) is 0 Å².